The number of aromatic nitrogens is 2. The molecule has 4 rings (SSSR count). The Morgan fingerprint density at radius 1 is 0.972 bits per heavy atom. The maximum atomic E-state index is 13.1. The number of hydrogen-bond acceptors (Lipinski definition) is 4. The fourth-order valence-electron chi connectivity index (χ4n) is 4.87. The van der Waals surface area contributed by atoms with Crippen molar-refractivity contribution in [3.63, 3.8) is 0 Å². The summed E-state index contributed by atoms with van der Waals surface area (Å²) in [6, 6.07) is 18.6. The smallest absolute Gasteiger partial charge is 0.223 e. The van der Waals surface area contributed by atoms with Crippen molar-refractivity contribution < 1.29 is 9.59 Å². The molecule has 1 aliphatic rings. The molecule has 1 aliphatic heterocycles. The molecule has 1 amide bonds. The molecule has 36 heavy (non-hydrogen) atoms. The predicted molar refractivity (Wildman–Crippen MR) is 144 cm³/mol. The number of nitrogens with one attached hydrogen (secondary N) is 2. The van der Waals surface area contributed by atoms with Crippen LogP contribution in [0.5, 0.6) is 0 Å². The van der Waals surface area contributed by atoms with Gasteiger partial charge in [-0.1, -0.05) is 67.4 Å². The number of imidazole rings is 1. The van der Waals surface area contributed by atoms with Crippen molar-refractivity contribution >= 4 is 11.7 Å². The first kappa shape index (κ1) is 25.8. The van der Waals surface area contributed by atoms with E-state index in [1.54, 1.807) is 6.92 Å². The minimum Gasteiger partial charge on any atom is -0.346 e. The molecule has 3 aromatic rings. The van der Waals surface area contributed by atoms with Crippen LogP contribution < -0.4 is 5.32 Å². The van der Waals surface area contributed by atoms with Crippen molar-refractivity contribution in [1.82, 2.24) is 20.2 Å². The third kappa shape index (κ3) is 7.14. The number of piperidine rings is 1. The molecule has 0 unspecified atom stereocenters. The Hall–Kier alpha value is -3.25. The lowest BCUT2D eigenvalue weighted by molar-refractivity contribution is -0.127. The summed E-state index contributed by atoms with van der Waals surface area (Å²) in [5.41, 5.74) is 4.37. The fraction of sp³-hybridized carbons (Fsp3) is 0.433. The molecular formula is C30H38N4O2. The van der Waals surface area contributed by atoms with Crippen molar-refractivity contribution in [1.29, 1.82) is 0 Å². The molecule has 1 atom stereocenters. The number of amides is 1. The number of rotatable bonds is 11. The van der Waals surface area contributed by atoms with Gasteiger partial charge in [0.1, 0.15) is 11.6 Å². The van der Waals surface area contributed by atoms with Gasteiger partial charge in [-0.05, 0) is 69.4 Å². The quantitative estimate of drug-likeness (QED) is 0.337. The molecule has 1 fully saturated rings. The van der Waals surface area contributed by atoms with Crippen LogP contribution in [0.1, 0.15) is 63.7 Å². The first-order valence-electron chi connectivity index (χ1n) is 13.2. The first-order chi connectivity index (χ1) is 17.5. The van der Waals surface area contributed by atoms with E-state index in [9.17, 15) is 9.59 Å². The number of nitrogens with zero attached hydrogens (tertiary/aromatic N) is 2. The van der Waals surface area contributed by atoms with Crippen LogP contribution in [-0.4, -0.2) is 46.7 Å². The van der Waals surface area contributed by atoms with Crippen LogP contribution in [0.25, 0.3) is 22.4 Å². The number of hydrogen-bond donors (Lipinski definition) is 2. The van der Waals surface area contributed by atoms with Crippen molar-refractivity contribution in [2.75, 3.05) is 20.1 Å². The fourth-order valence-corrected chi connectivity index (χ4v) is 4.87. The average Bonchev–Trinajstić information content (AvgIpc) is 3.39. The zero-order valence-electron chi connectivity index (χ0n) is 21.5. The SMILES string of the molecule is CC(=O)CCCCC[C@H](NC(=O)C1CCN(C)CC1)c1ncc(-c2ccc(-c3ccccc3)cc2)[nH]1. The Morgan fingerprint density at radius 3 is 2.33 bits per heavy atom. The first-order valence-corrected chi connectivity index (χ1v) is 13.2. The molecule has 2 N–H and O–H groups in total. The van der Waals surface area contributed by atoms with Gasteiger partial charge >= 0.3 is 0 Å². The summed E-state index contributed by atoms with van der Waals surface area (Å²) in [4.78, 5) is 34.8. The van der Waals surface area contributed by atoms with Crippen LogP contribution in [0.2, 0.25) is 0 Å². The molecule has 0 aliphatic carbocycles. The molecule has 0 spiro atoms. The lowest BCUT2D eigenvalue weighted by Crippen LogP contribution is -2.40. The van der Waals surface area contributed by atoms with E-state index in [1.165, 1.54) is 11.1 Å². The number of aromatic amines is 1. The van der Waals surface area contributed by atoms with E-state index < -0.39 is 0 Å². The topological polar surface area (TPSA) is 78.1 Å². The molecular weight excluding hydrogens is 448 g/mol. The summed E-state index contributed by atoms with van der Waals surface area (Å²) >= 11 is 0. The van der Waals surface area contributed by atoms with E-state index in [0.717, 1.165) is 68.7 Å². The third-order valence-electron chi connectivity index (χ3n) is 7.16. The summed E-state index contributed by atoms with van der Waals surface area (Å²) < 4.78 is 0. The van der Waals surface area contributed by atoms with E-state index >= 15 is 0 Å². The van der Waals surface area contributed by atoms with Crippen LogP contribution in [0.15, 0.2) is 60.8 Å². The van der Waals surface area contributed by atoms with Crippen molar-refractivity contribution in [3.8, 4) is 22.4 Å². The molecule has 6 heteroatoms. The zero-order chi connectivity index (χ0) is 25.3. The lowest BCUT2D eigenvalue weighted by atomic mass is 9.95. The Balaban J connectivity index is 1.44. The molecule has 1 aromatic heterocycles. The summed E-state index contributed by atoms with van der Waals surface area (Å²) in [5.74, 6) is 1.21. The van der Waals surface area contributed by atoms with E-state index in [2.05, 4.69) is 63.6 Å². The number of Topliss-reactive ketones (excluding diaryl/α,β-unsaturated/α-hetero) is 1. The van der Waals surface area contributed by atoms with E-state index in [4.69, 9.17) is 0 Å². The van der Waals surface area contributed by atoms with Gasteiger partial charge in [0.2, 0.25) is 5.91 Å². The van der Waals surface area contributed by atoms with Gasteiger partial charge in [0, 0.05) is 12.3 Å². The Labute approximate surface area is 214 Å². The normalized spacial score (nSPS) is 15.5. The van der Waals surface area contributed by atoms with Crippen LogP contribution in [0.4, 0.5) is 0 Å². The zero-order valence-corrected chi connectivity index (χ0v) is 21.5. The number of H-pyrrole nitrogens is 1. The number of benzene rings is 2. The van der Waals surface area contributed by atoms with Gasteiger partial charge in [0.05, 0.1) is 17.9 Å². The summed E-state index contributed by atoms with van der Waals surface area (Å²) in [7, 11) is 2.11. The maximum Gasteiger partial charge on any atom is 0.223 e. The van der Waals surface area contributed by atoms with Gasteiger partial charge in [-0.25, -0.2) is 4.98 Å². The second kappa shape index (κ2) is 12.6. The molecule has 190 valence electrons. The number of unbranched alkanes of at least 4 members (excludes halogenated alkanes) is 2. The van der Waals surface area contributed by atoms with Crippen molar-refractivity contribution in [2.24, 2.45) is 5.92 Å². The lowest BCUT2D eigenvalue weighted by Gasteiger charge is -2.29. The Kier molecular flexibility index (Phi) is 9.06. The Morgan fingerprint density at radius 2 is 1.64 bits per heavy atom. The van der Waals surface area contributed by atoms with Crippen molar-refractivity contribution in [2.45, 2.75) is 57.9 Å². The number of carbonyl (C=O) groups excluding carboxylic acids is 2. The van der Waals surface area contributed by atoms with Gasteiger partial charge < -0.3 is 20.0 Å². The molecule has 1 saturated heterocycles. The van der Waals surface area contributed by atoms with Crippen molar-refractivity contribution in [3.05, 3.63) is 66.6 Å². The van der Waals surface area contributed by atoms with E-state index in [-0.39, 0.29) is 23.7 Å². The number of likely N-dealkylation sites (tertiary alicyclic amines) is 1. The molecule has 0 bridgehead atoms. The second-order valence-electron chi connectivity index (χ2n) is 10.1. The third-order valence-corrected chi connectivity index (χ3v) is 7.16. The summed E-state index contributed by atoms with van der Waals surface area (Å²) in [5, 5.41) is 3.29. The summed E-state index contributed by atoms with van der Waals surface area (Å²) in [6.45, 7) is 3.55. The number of carbonyl (C=O) groups is 2. The predicted octanol–water partition coefficient (Wildman–Crippen LogP) is 5.78. The highest BCUT2D eigenvalue weighted by molar-refractivity contribution is 5.79. The number of ketones is 1. The monoisotopic (exact) mass is 486 g/mol. The average molecular weight is 487 g/mol. The minimum atomic E-state index is -0.160. The Bertz CT molecular complexity index is 1120. The largest absolute Gasteiger partial charge is 0.346 e. The van der Waals surface area contributed by atoms with Gasteiger partial charge in [-0.3, -0.25) is 4.79 Å². The molecule has 2 heterocycles. The highest BCUT2D eigenvalue weighted by Crippen LogP contribution is 2.27. The van der Waals surface area contributed by atoms with E-state index in [1.807, 2.05) is 24.4 Å². The minimum absolute atomic E-state index is 0.0568. The van der Waals surface area contributed by atoms with Crippen LogP contribution >= 0.6 is 0 Å². The standard InChI is InChI=1S/C30H38N4O2/c1-22(35)9-5-3-8-12-27(33-30(36)26-17-19-34(2)20-18-26)29-31-21-28(32-29)25-15-13-24(14-16-25)23-10-6-4-7-11-23/h4,6-7,10-11,13-16,21,26-27H,3,5,8-9,12,17-20H2,1-2H3,(H,31,32)(H,33,36)/t27-/m0/s1. The van der Waals surface area contributed by atoms with Crippen LogP contribution in [0, 0.1) is 5.92 Å². The van der Waals surface area contributed by atoms with Gasteiger partial charge in [-0.2, -0.15) is 0 Å². The maximum absolute atomic E-state index is 13.1. The molecule has 0 radical (unpaired) electrons. The molecule has 0 saturated carbocycles. The van der Waals surface area contributed by atoms with Gasteiger partial charge in [0.25, 0.3) is 0 Å². The van der Waals surface area contributed by atoms with Gasteiger partial charge in [0.15, 0.2) is 0 Å². The van der Waals surface area contributed by atoms with Crippen LogP contribution in [-0.2, 0) is 9.59 Å². The molecule has 6 nitrogen and oxygen atoms in total. The highest BCUT2D eigenvalue weighted by atomic mass is 16.2. The van der Waals surface area contributed by atoms with Crippen LogP contribution in [0.3, 0.4) is 0 Å². The second-order valence-corrected chi connectivity index (χ2v) is 10.1. The summed E-state index contributed by atoms with van der Waals surface area (Å²) in [6.07, 6.45) is 7.86. The highest BCUT2D eigenvalue weighted by Gasteiger charge is 2.26. The van der Waals surface area contributed by atoms with Gasteiger partial charge in [-0.15, -0.1) is 0 Å². The van der Waals surface area contributed by atoms with E-state index in [0.29, 0.717) is 6.42 Å². The molecule has 2 aromatic carbocycles.